The maximum Gasteiger partial charge on any atom is 0.162 e. The number of ketones is 1. The molecule has 0 aliphatic carbocycles. The molecule has 0 saturated heterocycles. The predicted octanol–water partition coefficient (Wildman–Crippen LogP) is 2.66. The van der Waals surface area contributed by atoms with E-state index >= 15 is 0 Å². The molecule has 88 valence electrons. The first-order valence-electron chi connectivity index (χ1n) is 5.17. The van der Waals surface area contributed by atoms with Gasteiger partial charge in [-0.25, -0.2) is 0 Å². The van der Waals surface area contributed by atoms with E-state index in [1.807, 2.05) is 6.92 Å². The molecule has 1 rings (SSSR count). The van der Waals surface area contributed by atoms with Crippen molar-refractivity contribution in [2.45, 2.75) is 25.8 Å². The maximum absolute atomic E-state index is 11.7. The van der Waals surface area contributed by atoms with Crippen molar-refractivity contribution >= 4 is 17.4 Å². The number of benzene rings is 1. The molecule has 0 fully saturated rings. The highest BCUT2D eigenvalue weighted by Crippen LogP contribution is 2.25. The molecule has 0 saturated carbocycles. The summed E-state index contributed by atoms with van der Waals surface area (Å²) in [4.78, 5) is 11.7. The fraction of sp³-hybridized carbons (Fsp3) is 0.417. The Balaban J connectivity index is 2.73. The predicted molar refractivity (Wildman–Crippen MR) is 65.2 cm³/mol. The number of carbonyl (C=O) groups excluding carboxylic acids is 1. The Morgan fingerprint density at radius 2 is 2.25 bits per heavy atom. The van der Waals surface area contributed by atoms with Crippen LogP contribution >= 0.6 is 11.6 Å². The average Bonchev–Trinajstić information content (AvgIpc) is 2.25. The van der Waals surface area contributed by atoms with Gasteiger partial charge in [-0.15, -0.1) is 0 Å². The van der Waals surface area contributed by atoms with E-state index in [-0.39, 0.29) is 11.8 Å². The SMILES string of the molecule is COc1ccc(C(=O)CCC(C)N)cc1Cl. The Morgan fingerprint density at radius 1 is 1.56 bits per heavy atom. The molecule has 0 bridgehead atoms. The molecule has 0 aliphatic heterocycles. The first-order valence-corrected chi connectivity index (χ1v) is 5.54. The number of nitrogens with two attached hydrogens (primary N) is 1. The van der Waals surface area contributed by atoms with Crippen LogP contribution in [-0.2, 0) is 0 Å². The second kappa shape index (κ2) is 5.87. The molecular formula is C12H16ClNO2. The van der Waals surface area contributed by atoms with Crippen LogP contribution in [0.2, 0.25) is 5.02 Å². The van der Waals surface area contributed by atoms with E-state index in [1.165, 1.54) is 0 Å². The van der Waals surface area contributed by atoms with Gasteiger partial charge in [0.1, 0.15) is 5.75 Å². The van der Waals surface area contributed by atoms with E-state index in [1.54, 1.807) is 25.3 Å². The minimum Gasteiger partial charge on any atom is -0.495 e. The molecule has 1 unspecified atom stereocenters. The highest BCUT2D eigenvalue weighted by Gasteiger charge is 2.09. The van der Waals surface area contributed by atoms with Crippen LogP contribution in [0.5, 0.6) is 5.75 Å². The number of ether oxygens (including phenoxy) is 1. The van der Waals surface area contributed by atoms with Crippen molar-refractivity contribution < 1.29 is 9.53 Å². The normalized spacial score (nSPS) is 12.2. The Bertz CT molecular complexity index is 377. The molecule has 1 aromatic rings. The second-order valence-corrected chi connectivity index (χ2v) is 4.20. The summed E-state index contributed by atoms with van der Waals surface area (Å²) in [5, 5.41) is 0.453. The van der Waals surface area contributed by atoms with E-state index in [2.05, 4.69) is 0 Å². The molecular weight excluding hydrogens is 226 g/mol. The van der Waals surface area contributed by atoms with E-state index in [4.69, 9.17) is 22.1 Å². The largest absolute Gasteiger partial charge is 0.495 e. The van der Waals surface area contributed by atoms with Crippen molar-refractivity contribution in [2.75, 3.05) is 7.11 Å². The highest BCUT2D eigenvalue weighted by molar-refractivity contribution is 6.32. The number of halogens is 1. The van der Waals surface area contributed by atoms with Crippen molar-refractivity contribution in [3.8, 4) is 5.75 Å². The van der Waals surface area contributed by atoms with Crippen LogP contribution in [-0.4, -0.2) is 18.9 Å². The van der Waals surface area contributed by atoms with Crippen molar-refractivity contribution in [1.29, 1.82) is 0 Å². The Morgan fingerprint density at radius 3 is 2.75 bits per heavy atom. The van der Waals surface area contributed by atoms with Crippen LogP contribution in [0.3, 0.4) is 0 Å². The van der Waals surface area contributed by atoms with Crippen LogP contribution in [0.1, 0.15) is 30.1 Å². The van der Waals surface area contributed by atoms with Gasteiger partial charge in [0.2, 0.25) is 0 Å². The number of carbonyl (C=O) groups is 1. The zero-order valence-corrected chi connectivity index (χ0v) is 10.3. The summed E-state index contributed by atoms with van der Waals surface area (Å²) in [5.41, 5.74) is 6.20. The zero-order chi connectivity index (χ0) is 12.1. The molecule has 0 aliphatic rings. The van der Waals surface area contributed by atoms with Gasteiger partial charge in [-0.1, -0.05) is 11.6 Å². The fourth-order valence-corrected chi connectivity index (χ4v) is 1.60. The van der Waals surface area contributed by atoms with E-state index in [0.717, 1.165) is 0 Å². The van der Waals surface area contributed by atoms with E-state index in [9.17, 15) is 4.79 Å². The second-order valence-electron chi connectivity index (χ2n) is 3.79. The molecule has 2 N–H and O–H groups in total. The van der Waals surface area contributed by atoms with Crippen LogP contribution in [0.4, 0.5) is 0 Å². The monoisotopic (exact) mass is 241 g/mol. The van der Waals surface area contributed by atoms with Gasteiger partial charge >= 0.3 is 0 Å². The fourth-order valence-electron chi connectivity index (χ4n) is 1.34. The number of hydrogen-bond acceptors (Lipinski definition) is 3. The summed E-state index contributed by atoms with van der Waals surface area (Å²) in [6.45, 7) is 1.88. The average molecular weight is 242 g/mol. The zero-order valence-electron chi connectivity index (χ0n) is 9.50. The highest BCUT2D eigenvalue weighted by atomic mass is 35.5. The van der Waals surface area contributed by atoms with Gasteiger partial charge < -0.3 is 10.5 Å². The van der Waals surface area contributed by atoms with Crippen molar-refractivity contribution in [3.63, 3.8) is 0 Å². The van der Waals surface area contributed by atoms with Gasteiger partial charge in [0, 0.05) is 18.0 Å². The summed E-state index contributed by atoms with van der Waals surface area (Å²) in [6.07, 6.45) is 1.13. The molecule has 0 amide bonds. The minimum atomic E-state index is 0.0395. The first kappa shape index (κ1) is 13.0. The quantitative estimate of drug-likeness (QED) is 0.807. The van der Waals surface area contributed by atoms with E-state index < -0.39 is 0 Å². The molecule has 3 nitrogen and oxygen atoms in total. The molecule has 0 aromatic heterocycles. The third kappa shape index (κ3) is 3.51. The molecule has 0 spiro atoms. The molecule has 1 atom stereocenters. The minimum absolute atomic E-state index is 0.0395. The lowest BCUT2D eigenvalue weighted by molar-refractivity contribution is 0.0978. The lowest BCUT2D eigenvalue weighted by Gasteiger charge is -2.06. The van der Waals surface area contributed by atoms with Crippen molar-refractivity contribution in [2.24, 2.45) is 5.73 Å². The number of Topliss-reactive ketones (excluding diaryl/α,β-unsaturated/α-hetero) is 1. The van der Waals surface area contributed by atoms with Crippen molar-refractivity contribution in [3.05, 3.63) is 28.8 Å². The number of hydrogen-bond donors (Lipinski definition) is 1. The van der Waals surface area contributed by atoms with Crippen LogP contribution < -0.4 is 10.5 Å². The Hall–Kier alpha value is -1.06. The standard InChI is InChI=1S/C12H16ClNO2/c1-8(14)3-5-11(15)9-4-6-12(16-2)10(13)7-9/h4,6-8H,3,5,14H2,1-2H3. The molecule has 4 heteroatoms. The first-order chi connectivity index (χ1) is 7.54. The van der Waals surface area contributed by atoms with Gasteiger partial charge in [0.05, 0.1) is 12.1 Å². The lowest BCUT2D eigenvalue weighted by atomic mass is 10.0. The lowest BCUT2D eigenvalue weighted by Crippen LogP contribution is -2.16. The summed E-state index contributed by atoms with van der Waals surface area (Å²) < 4.78 is 5.01. The van der Waals surface area contributed by atoms with Crippen molar-refractivity contribution in [1.82, 2.24) is 0 Å². The third-order valence-corrected chi connectivity index (χ3v) is 2.60. The molecule has 1 aromatic carbocycles. The molecule has 0 radical (unpaired) electrons. The number of methoxy groups -OCH3 is 1. The molecule has 16 heavy (non-hydrogen) atoms. The summed E-state index contributed by atoms with van der Waals surface area (Å²) >= 11 is 5.93. The summed E-state index contributed by atoms with van der Waals surface area (Å²) in [6, 6.07) is 5.08. The topological polar surface area (TPSA) is 52.3 Å². The summed E-state index contributed by atoms with van der Waals surface area (Å²) in [5.74, 6) is 0.632. The molecule has 0 heterocycles. The van der Waals surface area contributed by atoms with Gasteiger partial charge in [-0.2, -0.15) is 0 Å². The Labute approximate surface area is 101 Å². The van der Waals surface area contributed by atoms with Gasteiger partial charge in [-0.3, -0.25) is 4.79 Å². The smallest absolute Gasteiger partial charge is 0.162 e. The van der Waals surface area contributed by atoms with Gasteiger partial charge in [0.25, 0.3) is 0 Å². The summed E-state index contributed by atoms with van der Waals surface area (Å²) in [7, 11) is 1.54. The Kier molecular flexibility index (Phi) is 4.77. The third-order valence-electron chi connectivity index (χ3n) is 2.30. The van der Waals surface area contributed by atoms with Crippen LogP contribution in [0, 0.1) is 0 Å². The van der Waals surface area contributed by atoms with Crippen LogP contribution in [0.25, 0.3) is 0 Å². The number of rotatable bonds is 5. The van der Waals surface area contributed by atoms with E-state index in [0.29, 0.717) is 29.2 Å². The van der Waals surface area contributed by atoms with Crippen LogP contribution in [0.15, 0.2) is 18.2 Å². The maximum atomic E-state index is 11.7. The van der Waals surface area contributed by atoms with Gasteiger partial charge in [0.15, 0.2) is 5.78 Å². The van der Waals surface area contributed by atoms with Gasteiger partial charge in [-0.05, 0) is 31.5 Å².